The Morgan fingerprint density at radius 3 is 2.78 bits per heavy atom. The lowest BCUT2D eigenvalue weighted by molar-refractivity contribution is 0.118. The van der Waals surface area contributed by atoms with Crippen LogP contribution >= 0.6 is 0 Å². The first kappa shape index (κ1) is 15.7. The zero-order valence-corrected chi connectivity index (χ0v) is 13.7. The van der Waals surface area contributed by atoms with Crippen molar-refractivity contribution in [1.82, 2.24) is 23.8 Å². The summed E-state index contributed by atoms with van der Waals surface area (Å²) in [4.78, 5) is 26.4. The van der Waals surface area contributed by atoms with Gasteiger partial charge in [0, 0.05) is 50.8 Å². The molecule has 23 heavy (non-hydrogen) atoms. The Morgan fingerprint density at radius 2 is 2.04 bits per heavy atom. The fourth-order valence-electron chi connectivity index (χ4n) is 3.24. The van der Waals surface area contributed by atoms with Crippen LogP contribution in [0.25, 0.3) is 0 Å². The predicted octanol–water partition coefficient (Wildman–Crippen LogP) is 0.335. The summed E-state index contributed by atoms with van der Waals surface area (Å²) in [7, 11) is 3.24. The van der Waals surface area contributed by atoms with Crippen LogP contribution in [0.1, 0.15) is 25.0 Å². The summed E-state index contributed by atoms with van der Waals surface area (Å²) in [5.74, 6) is 0. The van der Waals surface area contributed by atoms with E-state index in [1.54, 1.807) is 23.9 Å². The molecule has 3 heterocycles. The van der Waals surface area contributed by atoms with Crippen LogP contribution in [-0.2, 0) is 27.2 Å². The van der Waals surface area contributed by atoms with E-state index in [0.717, 1.165) is 36.2 Å². The van der Waals surface area contributed by atoms with Crippen LogP contribution in [0.3, 0.4) is 0 Å². The molecule has 0 radical (unpaired) electrons. The Balaban J connectivity index is 1.82. The predicted molar refractivity (Wildman–Crippen MR) is 87.2 cm³/mol. The first-order valence-electron chi connectivity index (χ1n) is 8.03. The summed E-state index contributed by atoms with van der Waals surface area (Å²) in [6.45, 7) is 2.44. The lowest BCUT2D eigenvalue weighted by Crippen LogP contribution is -2.44. The maximum atomic E-state index is 12.1. The first-order chi connectivity index (χ1) is 11.1. The average Bonchev–Trinajstić information content (AvgIpc) is 3.05. The second-order valence-electron chi connectivity index (χ2n) is 6.22. The molecule has 0 saturated carbocycles. The quantitative estimate of drug-likeness (QED) is 0.815. The van der Waals surface area contributed by atoms with E-state index < -0.39 is 0 Å². The highest BCUT2D eigenvalue weighted by molar-refractivity contribution is 5.03. The monoisotopic (exact) mass is 317 g/mol. The van der Waals surface area contributed by atoms with Gasteiger partial charge in [-0.25, -0.2) is 4.79 Å². The van der Waals surface area contributed by atoms with Crippen molar-refractivity contribution in [2.24, 2.45) is 14.1 Å². The maximum Gasteiger partial charge on any atom is 0.330 e. The van der Waals surface area contributed by atoms with Gasteiger partial charge in [0.15, 0.2) is 0 Å². The number of aromatic nitrogens is 4. The van der Waals surface area contributed by atoms with Gasteiger partial charge in [0.1, 0.15) is 0 Å². The minimum atomic E-state index is -0.270. The van der Waals surface area contributed by atoms with Crippen molar-refractivity contribution >= 4 is 0 Å². The highest BCUT2D eigenvalue weighted by atomic mass is 16.2. The molecule has 1 fully saturated rings. The van der Waals surface area contributed by atoms with Gasteiger partial charge >= 0.3 is 5.69 Å². The Labute approximate surface area is 134 Å². The Bertz CT molecular complexity index is 775. The van der Waals surface area contributed by atoms with Crippen molar-refractivity contribution in [3.63, 3.8) is 0 Å². The molecule has 2 aromatic heterocycles. The van der Waals surface area contributed by atoms with Crippen LogP contribution < -0.4 is 11.2 Å². The molecule has 1 saturated heterocycles. The highest BCUT2D eigenvalue weighted by Crippen LogP contribution is 2.20. The van der Waals surface area contributed by atoms with Gasteiger partial charge < -0.3 is 0 Å². The molecule has 0 N–H and O–H groups in total. The van der Waals surface area contributed by atoms with Gasteiger partial charge in [0.25, 0.3) is 5.56 Å². The third-order valence-corrected chi connectivity index (χ3v) is 4.70. The second kappa shape index (κ2) is 6.54. The summed E-state index contributed by atoms with van der Waals surface area (Å²) in [6.07, 6.45) is 7.23. The topological polar surface area (TPSA) is 65.1 Å². The van der Waals surface area contributed by atoms with Crippen LogP contribution in [0, 0.1) is 0 Å². The fraction of sp³-hybridized carbons (Fsp3) is 0.562. The number of piperidine rings is 1. The minimum absolute atomic E-state index is 0.247. The van der Waals surface area contributed by atoms with E-state index >= 15 is 0 Å². The van der Waals surface area contributed by atoms with Crippen molar-refractivity contribution in [3.05, 3.63) is 51.1 Å². The summed E-state index contributed by atoms with van der Waals surface area (Å²) < 4.78 is 4.66. The third-order valence-electron chi connectivity index (χ3n) is 4.70. The van der Waals surface area contributed by atoms with E-state index in [-0.39, 0.29) is 11.2 Å². The van der Waals surface area contributed by atoms with Gasteiger partial charge in [0.2, 0.25) is 0 Å². The molecule has 0 bridgehead atoms. The number of hydrogen-bond donors (Lipinski definition) is 0. The van der Waals surface area contributed by atoms with Crippen LogP contribution in [0.15, 0.2) is 34.1 Å². The number of nitrogens with zero attached hydrogens (tertiary/aromatic N) is 5. The van der Waals surface area contributed by atoms with E-state index in [1.165, 1.54) is 13.5 Å². The van der Waals surface area contributed by atoms with Gasteiger partial charge in [-0.1, -0.05) is 6.42 Å². The Morgan fingerprint density at radius 1 is 1.22 bits per heavy atom. The molecule has 0 unspecified atom stereocenters. The van der Waals surface area contributed by atoms with Crippen molar-refractivity contribution < 1.29 is 0 Å². The molecular weight excluding hydrogens is 294 g/mol. The zero-order chi connectivity index (χ0) is 16.4. The van der Waals surface area contributed by atoms with Crippen molar-refractivity contribution in [2.75, 3.05) is 6.54 Å². The highest BCUT2D eigenvalue weighted by Gasteiger charge is 2.24. The van der Waals surface area contributed by atoms with Crippen LogP contribution in [-0.4, -0.2) is 36.4 Å². The summed E-state index contributed by atoms with van der Waals surface area (Å²) in [6, 6.07) is 3.88. The smallest absolute Gasteiger partial charge is 0.299 e. The maximum absolute atomic E-state index is 12.1. The van der Waals surface area contributed by atoms with Crippen LogP contribution in [0.4, 0.5) is 0 Å². The molecular formula is C16H23N5O2. The molecule has 0 aliphatic carbocycles. The fourth-order valence-corrected chi connectivity index (χ4v) is 3.24. The van der Waals surface area contributed by atoms with Crippen molar-refractivity contribution in [2.45, 2.75) is 38.4 Å². The van der Waals surface area contributed by atoms with E-state index in [4.69, 9.17) is 0 Å². The van der Waals surface area contributed by atoms with Gasteiger partial charge in [-0.05, 0) is 25.5 Å². The standard InChI is InChI=1S/C16H23N5O2/c1-18-14(10-15(22)19(2)16(18)23)11-20-8-4-3-6-13(20)12-21-9-5-7-17-21/h5,7,9-10,13H,3-4,6,8,11-12H2,1-2H3/t13-/m0/s1. The number of likely N-dealkylation sites (tertiary alicyclic amines) is 1. The molecule has 2 aromatic rings. The Kier molecular flexibility index (Phi) is 4.47. The Hall–Kier alpha value is -2.15. The summed E-state index contributed by atoms with van der Waals surface area (Å²) in [5, 5.41) is 4.29. The van der Waals surface area contributed by atoms with Crippen molar-refractivity contribution in [1.29, 1.82) is 0 Å². The molecule has 0 spiro atoms. The molecule has 1 aliphatic rings. The van der Waals surface area contributed by atoms with Crippen molar-refractivity contribution in [3.8, 4) is 0 Å². The molecule has 7 nitrogen and oxygen atoms in total. The molecule has 7 heteroatoms. The number of rotatable bonds is 4. The lowest BCUT2D eigenvalue weighted by atomic mass is 10.0. The zero-order valence-electron chi connectivity index (χ0n) is 13.7. The van der Waals surface area contributed by atoms with Gasteiger partial charge in [-0.2, -0.15) is 5.10 Å². The largest absolute Gasteiger partial charge is 0.330 e. The number of hydrogen-bond acceptors (Lipinski definition) is 4. The SMILES string of the molecule is Cn1c(CN2CCCC[C@H]2Cn2cccn2)cc(=O)n(C)c1=O. The van der Waals surface area contributed by atoms with E-state index in [9.17, 15) is 9.59 Å². The minimum Gasteiger partial charge on any atom is -0.299 e. The van der Waals surface area contributed by atoms with Gasteiger partial charge in [-0.15, -0.1) is 0 Å². The van der Waals surface area contributed by atoms with Gasteiger partial charge in [0.05, 0.1) is 6.54 Å². The average molecular weight is 317 g/mol. The third kappa shape index (κ3) is 3.29. The normalized spacial score (nSPS) is 19.1. The second-order valence-corrected chi connectivity index (χ2v) is 6.22. The van der Waals surface area contributed by atoms with Crippen LogP contribution in [0.5, 0.6) is 0 Å². The van der Waals surface area contributed by atoms with E-state index in [0.29, 0.717) is 12.6 Å². The van der Waals surface area contributed by atoms with Gasteiger partial charge in [-0.3, -0.25) is 23.5 Å². The summed E-state index contributed by atoms with van der Waals surface area (Å²) in [5.41, 5.74) is 0.252. The first-order valence-corrected chi connectivity index (χ1v) is 8.03. The molecule has 3 rings (SSSR count). The molecule has 124 valence electrons. The van der Waals surface area contributed by atoms with E-state index in [2.05, 4.69) is 10.00 Å². The summed E-state index contributed by atoms with van der Waals surface area (Å²) >= 11 is 0. The molecule has 1 aliphatic heterocycles. The molecule has 0 amide bonds. The lowest BCUT2D eigenvalue weighted by Gasteiger charge is -2.35. The van der Waals surface area contributed by atoms with Crippen LogP contribution in [0.2, 0.25) is 0 Å². The molecule has 1 atom stereocenters. The van der Waals surface area contributed by atoms with E-state index in [1.807, 2.05) is 16.9 Å². The molecule has 0 aromatic carbocycles.